The molecule has 2 aromatic rings. The van der Waals surface area contributed by atoms with Gasteiger partial charge in [-0.2, -0.15) is 4.98 Å². The number of hydrogen-bond acceptors (Lipinski definition) is 10. The number of halogens is 1. The van der Waals surface area contributed by atoms with Crippen LogP contribution in [0.15, 0.2) is 11.0 Å². The standard InChI is InChI=1S/C19H22FN5O8/c1-7(26)31-6-12-13(20)14(32-8(2)27)16(33-12)25-15-11(4-22-18(21)23-15)24(19(25)30)5-9-3-10(9)17(28)29/h4,9-10,12-14,16H,3,5-6H2,1-2H3,(H,28,29)(H2,21,22,23)/t9?,10?,12-,13-,14-,16-/m1/s1. The van der Waals surface area contributed by atoms with Crippen LogP contribution in [-0.2, 0) is 35.1 Å². The number of imidazole rings is 1. The van der Waals surface area contributed by atoms with Gasteiger partial charge in [-0.1, -0.05) is 0 Å². The summed E-state index contributed by atoms with van der Waals surface area (Å²) < 4.78 is 33.0. The molecule has 0 radical (unpaired) electrons. The number of fused-ring (bicyclic) bond motifs is 1. The van der Waals surface area contributed by atoms with Crippen LogP contribution in [0.3, 0.4) is 0 Å². The van der Waals surface area contributed by atoms with Gasteiger partial charge in [0.15, 0.2) is 24.2 Å². The molecule has 2 aliphatic rings. The molecule has 1 saturated heterocycles. The van der Waals surface area contributed by atoms with E-state index in [1.807, 2.05) is 0 Å². The van der Waals surface area contributed by atoms with E-state index in [4.69, 9.17) is 19.9 Å². The Kier molecular flexibility index (Phi) is 5.78. The molecule has 2 unspecified atom stereocenters. The first-order chi connectivity index (χ1) is 15.6. The summed E-state index contributed by atoms with van der Waals surface area (Å²) in [6, 6.07) is 0. The van der Waals surface area contributed by atoms with Crippen molar-refractivity contribution in [3.8, 4) is 0 Å². The van der Waals surface area contributed by atoms with Crippen molar-refractivity contribution in [3.63, 3.8) is 0 Å². The van der Waals surface area contributed by atoms with Gasteiger partial charge in [0.1, 0.15) is 18.2 Å². The van der Waals surface area contributed by atoms with Crippen molar-refractivity contribution in [2.24, 2.45) is 11.8 Å². The van der Waals surface area contributed by atoms with Crippen LogP contribution in [0.1, 0.15) is 26.5 Å². The highest BCUT2D eigenvalue weighted by Crippen LogP contribution is 2.40. The molecule has 178 valence electrons. The van der Waals surface area contributed by atoms with Crippen molar-refractivity contribution in [1.82, 2.24) is 19.1 Å². The molecule has 0 spiro atoms. The molecule has 1 saturated carbocycles. The summed E-state index contributed by atoms with van der Waals surface area (Å²) in [6.45, 7) is 1.82. The van der Waals surface area contributed by atoms with E-state index in [1.165, 1.54) is 10.8 Å². The third-order valence-corrected chi connectivity index (χ3v) is 5.65. The van der Waals surface area contributed by atoms with Gasteiger partial charge < -0.3 is 25.1 Å². The van der Waals surface area contributed by atoms with E-state index in [0.717, 1.165) is 18.4 Å². The SMILES string of the molecule is CC(=O)OC[C@H]1O[C@@H](n2c(=O)n(CC3CC3C(=O)O)c3cnc(N)nc32)[C@H](OC(C)=O)[C@@H]1F. The number of hydrogen-bond donors (Lipinski definition) is 2. The van der Waals surface area contributed by atoms with Crippen LogP contribution in [0, 0.1) is 11.8 Å². The minimum Gasteiger partial charge on any atom is -0.481 e. The Labute approximate surface area is 185 Å². The highest BCUT2D eigenvalue weighted by molar-refractivity contribution is 5.74. The summed E-state index contributed by atoms with van der Waals surface area (Å²) >= 11 is 0. The molecule has 13 nitrogen and oxygen atoms in total. The van der Waals surface area contributed by atoms with Crippen molar-refractivity contribution in [2.45, 2.75) is 51.4 Å². The minimum absolute atomic E-state index is 0.00233. The number of carbonyl (C=O) groups excluding carboxylic acids is 2. The summed E-state index contributed by atoms with van der Waals surface area (Å²) in [7, 11) is 0. The van der Waals surface area contributed by atoms with Crippen LogP contribution >= 0.6 is 0 Å². The zero-order valence-electron chi connectivity index (χ0n) is 17.7. The maximum Gasteiger partial charge on any atom is 0.332 e. The summed E-state index contributed by atoms with van der Waals surface area (Å²) in [5.74, 6) is -3.46. The van der Waals surface area contributed by atoms with Crippen molar-refractivity contribution >= 4 is 35.0 Å². The highest BCUT2D eigenvalue weighted by atomic mass is 19.1. The lowest BCUT2D eigenvalue weighted by atomic mass is 10.1. The number of anilines is 1. The topological polar surface area (TPSA) is 178 Å². The van der Waals surface area contributed by atoms with Gasteiger partial charge in [-0.25, -0.2) is 18.7 Å². The molecule has 1 aliphatic carbocycles. The first-order valence-electron chi connectivity index (χ1n) is 10.1. The normalized spacial score (nSPS) is 28.6. The van der Waals surface area contributed by atoms with Crippen molar-refractivity contribution in [3.05, 3.63) is 16.7 Å². The zero-order chi connectivity index (χ0) is 24.0. The molecule has 3 heterocycles. The van der Waals surface area contributed by atoms with Crippen molar-refractivity contribution in [1.29, 1.82) is 0 Å². The molecule has 3 N–H and O–H groups in total. The average molecular weight is 467 g/mol. The number of ether oxygens (including phenoxy) is 3. The van der Waals surface area contributed by atoms with E-state index in [2.05, 4.69) is 9.97 Å². The third kappa shape index (κ3) is 4.25. The predicted octanol–water partition coefficient (Wildman–Crippen LogP) is -0.374. The van der Waals surface area contributed by atoms with Gasteiger partial charge in [0.2, 0.25) is 5.95 Å². The smallest absolute Gasteiger partial charge is 0.332 e. The lowest BCUT2D eigenvalue weighted by Gasteiger charge is -2.19. The molecular formula is C19H22FN5O8. The number of carbonyl (C=O) groups is 3. The van der Waals surface area contributed by atoms with E-state index >= 15 is 4.39 Å². The van der Waals surface area contributed by atoms with Crippen LogP contribution in [0.5, 0.6) is 0 Å². The van der Waals surface area contributed by atoms with Crippen LogP contribution < -0.4 is 11.4 Å². The van der Waals surface area contributed by atoms with E-state index in [0.29, 0.717) is 6.42 Å². The number of nitrogen functional groups attached to an aromatic ring is 1. The Hall–Kier alpha value is -3.55. The molecule has 4 rings (SSSR count). The van der Waals surface area contributed by atoms with Crippen molar-refractivity contribution < 1.29 is 38.1 Å². The molecule has 2 aromatic heterocycles. The van der Waals surface area contributed by atoms with Gasteiger partial charge >= 0.3 is 23.6 Å². The number of aliphatic carboxylic acids is 1. The molecule has 0 aromatic carbocycles. The number of carboxylic acid groups (broad SMARTS) is 1. The molecule has 6 atom stereocenters. The first-order valence-corrected chi connectivity index (χ1v) is 10.1. The highest BCUT2D eigenvalue weighted by Gasteiger charge is 2.51. The monoisotopic (exact) mass is 467 g/mol. The zero-order valence-corrected chi connectivity index (χ0v) is 17.7. The molecule has 0 amide bonds. The number of aromatic nitrogens is 4. The fourth-order valence-corrected chi connectivity index (χ4v) is 4.02. The van der Waals surface area contributed by atoms with E-state index < -0.39 is 60.7 Å². The number of nitrogens with zero attached hydrogens (tertiary/aromatic N) is 4. The summed E-state index contributed by atoms with van der Waals surface area (Å²) in [6.07, 6.45) is -4.51. The van der Waals surface area contributed by atoms with Crippen molar-refractivity contribution in [2.75, 3.05) is 12.3 Å². The van der Waals surface area contributed by atoms with E-state index in [1.54, 1.807) is 0 Å². The van der Waals surface area contributed by atoms with Crippen LogP contribution in [0.2, 0.25) is 0 Å². The van der Waals surface area contributed by atoms with Crippen LogP contribution in [-0.4, -0.2) is 67.1 Å². The Morgan fingerprint density at radius 2 is 2.06 bits per heavy atom. The summed E-state index contributed by atoms with van der Waals surface area (Å²) in [5.41, 5.74) is 5.24. The third-order valence-electron chi connectivity index (χ3n) is 5.65. The number of rotatable bonds is 7. The second-order valence-electron chi connectivity index (χ2n) is 8.03. The van der Waals surface area contributed by atoms with Gasteiger partial charge in [-0.3, -0.25) is 19.0 Å². The molecular weight excluding hydrogens is 445 g/mol. The Morgan fingerprint density at radius 1 is 1.33 bits per heavy atom. The fourth-order valence-electron chi connectivity index (χ4n) is 4.02. The lowest BCUT2D eigenvalue weighted by molar-refractivity contribution is -0.154. The number of esters is 2. The van der Waals surface area contributed by atoms with Gasteiger partial charge in [-0.05, 0) is 12.3 Å². The van der Waals surface area contributed by atoms with Gasteiger partial charge in [-0.15, -0.1) is 0 Å². The maximum absolute atomic E-state index is 15.1. The lowest BCUT2D eigenvalue weighted by Crippen LogP contribution is -2.37. The Bertz CT molecular complexity index is 1180. The molecule has 14 heteroatoms. The predicted molar refractivity (Wildman–Crippen MR) is 106 cm³/mol. The summed E-state index contributed by atoms with van der Waals surface area (Å²) in [4.78, 5) is 55.4. The number of carboxylic acids is 1. The quantitative estimate of drug-likeness (QED) is 0.507. The fraction of sp³-hybridized carbons (Fsp3) is 0.579. The molecule has 1 aliphatic heterocycles. The van der Waals surface area contributed by atoms with E-state index in [9.17, 15) is 24.3 Å². The summed E-state index contributed by atoms with van der Waals surface area (Å²) in [5, 5.41) is 9.19. The molecule has 0 bridgehead atoms. The van der Waals surface area contributed by atoms with Crippen LogP contribution in [0.25, 0.3) is 11.2 Å². The number of alkyl halides is 1. The number of nitrogens with two attached hydrogens (primary N) is 1. The average Bonchev–Trinajstić information content (AvgIpc) is 3.39. The Morgan fingerprint density at radius 3 is 2.67 bits per heavy atom. The van der Waals surface area contributed by atoms with Gasteiger partial charge in [0.25, 0.3) is 0 Å². The van der Waals surface area contributed by atoms with Gasteiger partial charge in [0.05, 0.1) is 12.1 Å². The Balaban J connectivity index is 1.76. The first kappa shape index (κ1) is 22.6. The maximum atomic E-state index is 15.1. The van der Waals surface area contributed by atoms with Gasteiger partial charge in [0, 0.05) is 20.4 Å². The minimum atomic E-state index is -1.91. The second kappa shape index (κ2) is 8.42. The van der Waals surface area contributed by atoms with E-state index in [-0.39, 0.29) is 29.6 Å². The molecule has 33 heavy (non-hydrogen) atoms. The largest absolute Gasteiger partial charge is 0.481 e. The second-order valence-corrected chi connectivity index (χ2v) is 8.03. The molecule has 2 fully saturated rings. The van der Waals surface area contributed by atoms with Crippen LogP contribution in [0.4, 0.5) is 10.3 Å².